The maximum atomic E-state index is 12.1. The van der Waals surface area contributed by atoms with Crippen LogP contribution in [0.1, 0.15) is 37.6 Å². The van der Waals surface area contributed by atoms with Gasteiger partial charge < -0.3 is 4.90 Å². The standard InChI is InChI=1S/C17H24N4OS/c1-4-20-8-7-15-14(11-20)9-13(10-18)17(19-15)23-12-16(22)21(5-2)6-3/h9H,4-8,11-12H2,1-3H3. The number of aromatic nitrogens is 1. The normalized spacial score (nSPS) is 14.2. The molecule has 1 aliphatic rings. The van der Waals surface area contributed by atoms with E-state index in [1.165, 1.54) is 11.8 Å². The fourth-order valence-corrected chi connectivity index (χ4v) is 3.65. The Bertz CT molecular complexity index is 607. The number of nitriles is 1. The summed E-state index contributed by atoms with van der Waals surface area (Å²) in [6, 6.07) is 4.19. The monoisotopic (exact) mass is 332 g/mol. The van der Waals surface area contributed by atoms with Crippen molar-refractivity contribution in [2.75, 3.05) is 31.9 Å². The molecule has 0 aromatic carbocycles. The highest BCUT2D eigenvalue weighted by molar-refractivity contribution is 7.99. The van der Waals surface area contributed by atoms with Crippen LogP contribution in [0.15, 0.2) is 11.1 Å². The van der Waals surface area contributed by atoms with Crippen LogP contribution in [-0.2, 0) is 17.8 Å². The Morgan fingerprint density at radius 3 is 2.78 bits per heavy atom. The van der Waals surface area contributed by atoms with Crippen LogP contribution >= 0.6 is 11.8 Å². The smallest absolute Gasteiger partial charge is 0.232 e. The van der Waals surface area contributed by atoms with Gasteiger partial charge in [-0.15, -0.1) is 0 Å². The Morgan fingerprint density at radius 2 is 2.17 bits per heavy atom. The van der Waals surface area contributed by atoms with E-state index < -0.39 is 0 Å². The number of hydrogen-bond acceptors (Lipinski definition) is 5. The van der Waals surface area contributed by atoms with Crippen LogP contribution in [0.5, 0.6) is 0 Å². The highest BCUT2D eigenvalue weighted by atomic mass is 32.2. The van der Waals surface area contributed by atoms with Crippen LogP contribution in [0.4, 0.5) is 0 Å². The molecule has 0 fully saturated rings. The van der Waals surface area contributed by atoms with Crippen LogP contribution < -0.4 is 0 Å². The Hall–Kier alpha value is -1.58. The molecule has 0 N–H and O–H groups in total. The Labute approximate surface area is 142 Å². The summed E-state index contributed by atoms with van der Waals surface area (Å²) in [6.45, 7) is 10.4. The lowest BCUT2D eigenvalue weighted by molar-refractivity contribution is -0.127. The van der Waals surface area contributed by atoms with Crippen molar-refractivity contribution in [3.05, 3.63) is 22.9 Å². The number of carbonyl (C=O) groups excluding carboxylic acids is 1. The van der Waals surface area contributed by atoms with Gasteiger partial charge in [0.15, 0.2) is 0 Å². The third-order valence-electron chi connectivity index (χ3n) is 4.23. The van der Waals surface area contributed by atoms with Crippen molar-refractivity contribution >= 4 is 17.7 Å². The minimum Gasteiger partial charge on any atom is -0.343 e. The maximum Gasteiger partial charge on any atom is 0.232 e. The van der Waals surface area contributed by atoms with Gasteiger partial charge >= 0.3 is 0 Å². The number of nitrogens with zero attached hydrogens (tertiary/aromatic N) is 4. The number of rotatable bonds is 6. The van der Waals surface area contributed by atoms with E-state index in [1.807, 2.05) is 19.9 Å². The van der Waals surface area contributed by atoms with Crippen LogP contribution in [0.2, 0.25) is 0 Å². The molecular formula is C17H24N4OS. The SMILES string of the molecule is CCN1CCc2nc(SCC(=O)N(CC)CC)c(C#N)cc2C1. The first-order valence-corrected chi connectivity index (χ1v) is 9.17. The molecule has 0 saturated carbocycles. The summed E-state index contributed by atoms with van der Waals surface area (Å²) in [4.78, 5) is 21.0. The second-order valence-electron chi connectivity index (χ2n) is 5.53. The van der Waals surface area contributed by atoms with Gasteiger partial charge in [-0.25, -0.2) is 4.98 Å². The van der Waals surface area contributed by atoms with E-state index in [0.29, 0.717) is 29.4 Å². The molecular weight excluding hydrogens is 308 g/mol. The molecule has 124 valence electrons. The zero-order valence-electron chi connectivity index (χ0n) is 14.1. The first-order chi connectivity index (χ1) is 11.1. The Kier molecular flexibility index (Phi) is 6.43. The number of carbonyl (C=O) groups is 1. The van der Waals surface area contributed by atoms with Crippen molar-refractivity contribution in [1.82, 2.24) is 14.8 Å². The molecule has 0 saturated heterocycles. The minimum atomic E-state index is 0.0977. The molecule has 6 heteroatoms. The molecule has 0 unspecified atom stereocenters. The molecule has 1 aromatic heterocycles. The molecule has 0 radical (unpaired) electrons. The highest BCUT2D eigenvalue weighted by Gasteiger charge is 2.20. The van der Waals surface area contributed by atoms with E-state index in [-0.39, 0.29) is 5.91 Å². The van der Waals surface area contributed by atoms with Gasteiger partial charge in [0.2, 0.25) is 5.91 Å². The lowest BCUT2D eigenvalue weighted by Gasteiger charge is -2.27. The van der Waals surface area contributed by atoms with Crippen molar-refractivity contribution in [3.8, 4) is 6.07 Å². The van der Waals surface area contributed by atoms with E-state index in [9.17, 15) is 10.1 Å². The number of fused-ring (bicyclic) bond motifs is 1. The summed E-state index contributed by atoms with van der Waals surface area (Å²) in [7, 11) is 0. The number of thioether (sulfide) groups is 1. The van der Waals surface area contributed by atoms with Gasteiger partial charge in [0, 0.05) is 38.3 Å². The van der Waals surface area contributed by atoms with Gasteiger partial charge in [-0.05, 0) is 32.0 Å². The van der Waals surface area contributed by atoms with Crippen LogP contribution in [-0.4, -0.2) is 52.6 Å². The average molecular weight is 332 g/mol. The lowest BCUT2D eigenvalue weighted by atomic mass is 10.0. The molecule has 2 heterocycles. The second-order valence-corrected chi connectivity index (χ2v) is 6.50. The third-order valence-corrected chi connectivity index (χ3v) is 5.21. The van der Waals surface area contributed by atoms with Crippen LogP contribution in [0.25, 0.3) is 0 Å². The van der Waals surface area contributed by atoms with E-state index >= 15 is 0 Å². The van der Waals surface area contributed by atoms with Gasteiger partial charge in [0.25, 0.3) is 0 Å². The first kappa shape index (κ1) is 17.8. The first-order valence-electron chi connectivity index (χ1n) is 8.18. The van der Waals surface area contributed by atoms with Gasteiger partial charge in [-0.1, -0.05) is 18.7 Å². The topological polar surface area (TPSA) is 60.2 Å². The zero-order chi connectivity index (χ0) is 16.8. The van der Waals surface area contributed by atoms with Crippen LogP contribution in [0.3, 0.4) is 0 Å². The number of hydrogen-bond donors (Lipinski definition) is 0. The number of pyridine rings is 1. The fraction of sp³-hybridized carbons (Fsp3) is 0.588. The minimum absolute atomic E-state index is 0.0977. The molecule has 23 heavy (non-hydrogen) atoms. The molecule has 5 nitrogen and oxygen atoms in total. The van der Waals surface area contributed by atoms with E-state index in [2.05, 4.69) is 22.9 Å². The molecule has 0 atom stereocenters. The summed E-state index contributed by atoms with van der Waals surface area (Å²) in [5.41, 5.74) is 2.81. The summed E-state index contributed by atoms with van der Waals surface area (Å²) < 4.78 is 0. The lowest BCUT2D eigenvalue weighted by Crippen LogP contribution is -2.32. The number of amides is 1. The summed E-state index contributed by atoms with van der Waals surface area (Å²) in [6.07, 6.45) is 0.909. The summed E-state index contributed by atoms with van der Waals surface area (Å²) in [5, 5.41) is 10.1. The van der Waals surface area contributed by atoms with Gasteiger partial charge in [0.1, 0.15) is 11.1 Å². The predicted molar refractivity (Wildman–Crippen MR) is 92.3 cm³/mol. The maximum absolute atomic E-state index is 12.1. The molecule has 2 rings (SSSR count). The third kappa shape index (κ3) is 4.24. The zero-order valence-corrected chi connectivity index (χ0v) is 14.9. The van der Waals surface area contributed by atoms with Gasteiger partial charge in [0.05, 0.1) is 11.3 Å². The molecule has 0 aliphatic carbocycles. The van der Waals surface area contributed by atoms with Crippen LogP contribution in [0, 0.1) is 11.3 Å². The van der Waals surface area contributed by atoms with E-state index in [1.54, 1.807) is 4.90 Å². The molecule has 0 bridgehead atoms. The predicted octanol–water partition coefficient (Wildman–Crippen LogP) is 2.29. The van der Waals surface area contributed by atoms with Gasteiger partial charge in [-0.2, -0.15) is 5.26 Å². The Morgan fingerprint density at radius 1 is 1.43 bits per heavy atom. The Balaban J connectivity index is 2.14. The summed E-state index contributed by atoms with van der Waals surface area (Å²) >= 11 is 1.38. The van der Waals surface area contributed by atoms with Crippen molar-refractivity contribution in [1.29, 1.82) is 5.26 Å². The van der Waals surface area contributed by atoms with Crippen molar-refractivity contribution in [2.45, 2.75) is 38.8 Å². The summed E-state index contributed by atoms with van der Waals surface area (Å²) in [5.74, 6) is 0.434. The molecule has 1 amide bonds. The highest BCUT2D eigenvalue weighted by Crippen LogP contribution is 2.26. The molecule has 1 aromatic rings. The van der Waals surface area contributed by atoms with Gasteiger partial charge in [-0.3, -0.25) is 9.69 Å². The van der Waals surface area contributed by atoms with E-state index in [4.69, 9.17) is 0 Å². The largest absolute Gasteiger partial charge is 0.343 e. The molecule has 1 aliphatic heterocycles. The quantitative estimate of drug-likeness (QED) is 0.748. The number of likely N-dealkylation sites (N-methyl/N-ethyl adjacent to an activating group) is 1. The van der Waals surface area contributed by atoms with E-state index in [0.717, 1.165) is 37.3 Å². The molecule has 0 spiro atoms. The van der Waals surface area contributed by atoms with Crippen molar-refractivity contribution < 1.29 is 4.79 Å². The fourth-order valence-electron chi connectivity index (χ4n) is 2.77. The second kappa shape index (κ2) is 8.32. The van der Waals surface area contributed by atoms with Crippen molar-refractivity contribution in [2.24, 2.45) is 0 Å². The van der Waals surface area contributed by atoms with Crippen molar-refractivity contribution in [3.63, 3.8) is 0 Å². The average Bonchev–Trinajstić information content (AvgIpc) is 2.59.